The quantitative estimate of drug-likeness (QED) is 0.657. The van der Waals surface area contributed by atoms with Crippen LogP contribution in [0.25, 0.3) is 0 Å². The monoisotopic (exact) mass is 272 g/mol. The number of benzene rings is 1. The second kappa shape index (κ2) is 6.18. The zero-order chi connectivity index (χ0) is 14.5. The third-order valence-electron chi connectivity index (χ3n) is 3.17. The summed E-state index contributed by atoms with van der Waals surface area (Å²) in [6, 6.07) is 6.09. The van der Waals surface area contributed by atoms with Gasteiger partial charge >= 0.3 is 0 Å². The highest BCUT2D eigenvalue weighted by Gasteiger charge is 2.02. The number of nitrogens with zero attached hydrogens (tertiary/aromatic N) is 4. The van der Waals surface area contributed by atoms with Crippen molar-refractivity contribution >= 4 is 11.6 Å². The first-order chi connectivity index (χ1) is 9.60. The molecule has 0 fully saturated rings. The molecule has 1 aromatic carbocycles. The fraction of sp³-hybridized carbons (Fsp3) is 0.357. The van der Waals surface area contributed by atoms with E-state index in [2.05, 4.69) is 40.3 Å². The minimum Gasteiger partial charge on any atom is -0.370 e. The maximum Gasteiger partial charge on any atom is 0.193 e. The lowest BCUT2D eigenvalue weighted by Crippen LogP contribution is -2.23. The number of aliphatic imine (C=N–C) groups is 1. The zero-order valence-electron chi connectivity index (χ0n) is 12.1. The lowest BCUT2D eigenvalue weighted by atomic mass is 10.1. The van der Waals surface area contributed by atoms with Gasteiger partial charge in [-0.25, -0.2) is 14.7 Å². The van der Waals surface area contributed by atoms with E-state index in [0.29, 0.717) is 12.5 Å². The summed E-state index contributed by atoms with van der Waals surface area (Å²) in [5, 5.41) is 7.17. The highest BCUT2D eigenvalue weighted by molar-refractivity contribution is 5.92. The maximum absolute atomic E-state index is 5.88. The Labute approximate surface area is 118 Å². The summed E-state index contributed by atoms with van der Waals surface area (Å²) in [6.07, 6.45) is 1.53. The van der Waals surface area contributed by atoms with E-state index in [-0.39, 0.29) is 0 Å². The Bertz CT molecular complexity index is 614. The van der Waals surface area contributed by atoms with Crippen molar-refractivity contribution in [1.29, 1.82) is 0 Å². The number of rotatable bonds is 4. The van der Waals surface area contributed by atoms with E-state index in [0.717, 1.165) is 18.1 Å². The summed E-state index contributed by atoms with van der Waals surface area (Å²) in [4.78, 5) is 8.44. The Balaban J connectivity index is 2.02. The molecule has 6 heteroatoms. The van der Waals surface area contributed by atoms with Crippen LogP contribution in [-0.2, 0) is 13.1 Å². The van der Waals surface area contributed by atoms with Gasteiger partial charge in [-0.05, 0) is 44.0 Å². The van der Waals surface area contributed by atoms with E-state index in [1.807, 2.05) is 19.1 Å². The molecule has 0 atom stereocenters. The SMILES string of the molecule is CCn1ncnc1CN=C(N)Nc1ccc(C)c(C)c1. The number of hydrogen-bond donors (Lipinski definition) is 2. The number of hydrogen-bond acceptors (Lipinski definition) is 3. The first-order valence-corrected chi connectivity index (χ1v) is 6.61. The van der Waals surface area contributed by atoms with Crippen molar-refractivity contribution in [3.8, 4) is 0 Å². The Morgan fingerprint density at radius 3 is 2.85 bits per heavy atom. The molecular weight excluding hydrogens is 252 g/mol. The molecule has 106 valence electrons. The van der Waals surface area contributed by atoms with E-state index in [9.17, 15) is 0 Å². The summed E-state index contributed by atoms with van der Waals surface area (Å²) in [6.45, 7) is 7.34. The van der Waals surface area contributed by atoms with Crippen molar-refractivity contribution in [2.24, 2.45) is 10.7 Å². The van der Waals surface area contributed by atoms with Gasteiger partial charge in [0.15, 0.2) is 5.96 Å². The summed E-state index contributed by atoms with van der Waals surface area (Å²) >= 11 is 0. The Kier molecular flexibility index (Phi) is 4.34. The number of aromatic nitrogens is 3. The van der Waals surface area contributed by atoms with Crippen molar-refractivity contribution in [2.45, 2.75) is 33.9 Å². The van der Waals surface area contributed by atoms with Crippen LogP contribution in [-0.4, -0.2) is 20.7 Å². The average molecular weight is 272 g/mol. The van der Waals surface area contributed by atoms with Gasteiger partial charge in [0.1, 0.15) is 18.7 Å². The first-order valence-electron chi connectivity index (χ1n) is 6.61. The molecule has 0 aliphatic carbocycles. The van der Waals surface area contributed by atoms with E-state index < -0.39 is 0 Å². The molecule has 0 saturated heterocycles. The van der Waals surface area contributed by atoms with Gasteiger partial charge in [0, 0.05) is 12.2 Å². The molecule has 3 N–H and O–H groups in total. The van der Waals surface area contributed by atoms with E-state index >= 15 is 0 Å². The highest BCUT2D eigenvalue weighted by Crippen LogP contribution is 2.13. The molecule has 0 unspecified atom stereocenters. The van der Waals surface area contributed by atoms with Crippen molar-refractivity contribution < 1.29 is 0 Å². The molecule has 2 rings (SSSR count). The van der Waals surface area contributed by atoms with Gasteiger partial charge in [-0.1, -0.05) is 6.07 Å². The van der Waals surface area contributed by atoms with Gasteiger partial charge in [0.25, 0.3) is 0 Å². The van der Waals surface area contributed by atoms with Crippen LogP contribution in [0.3, 0.4) is 0 Å². The van der Waals surface area contributed by atoms with Crippen LogP contribution in [0.15, 0.2) is 29.5 Å². The molecule has 2 aromatic rings. The van der Waals surface area contributed by atoms with Crippen LogP contribution in [0.2, 0.25) is 0 Å². The average Bonchev–Trinajstić information content (AvgIpc) is 2.88. The molecule has 0 saturated carbocycles. The standard InChI is InChI=1S/C14H20N6/c1-4-20-13(17-9-18-20)8-16-14(15)19-12-6-5-10(2)11(3)7-12/h5-7,9H,4,8H2,1-3H3,(H3,15,16,19). The van der Waals surface area contributed by atoms with E-state index in [4.69, 9.17) is 5.73 Å². The summed E-state index contributed by atoms with van der Waals surface area (Å²) in [7, 11) is 0. The predicted octanol–water partition coefficient (Wildman–Crippen LogP) is 1.84. The molecule has 1 heterocycles. The van der Waals surface area contributed by atoms with Crippen LogP contribution in [0.5, 0.6) is 0 Å². The minimum atomic E-state index is 0.374. The number of nitrogens with one attached hydrogen (secondary N) is 1. The Hall–Kier alpha value is -2.37. The first kappa shape index (κ1) is 14.0. The summed E-state index contributed by atoms with van der Waals surface area (Å²) in [5.74, 6) is 1.18. The number of aryl methyl sites for hydroxylation is 3. The van der Waals surface area contributed by atoms with Gasteiger partial charge in [0.05, 0.1) is 0 Å². The van der Waals surface area contributed by atoms with E-state index in [1.54, 1.807) is 4.68 Å². The van der Waals surface area contributed by atoms with Crippen LogP contribution >= 0.6 is 0 Å². The van der Waals surface area contributed by atoms with Crippen LogP contribution in [0.4, 0.5) is 5.69 Å². The largest absolute Gasteiger partial charge is 0.370 e. The second-order valence-corrected chi connectivity index (χ2v) is 4.62. The molecule has 0 amide bonds. The van der Waals surface area contributed by atoms with E-state index in [1.165, 1.54) is 17.5 Å². The predicted molar refractivity (Wildman–Crippen MR) is 80.6 cm³/mol. The van der Waals surface area contributed by atoms with Gasteiger partial charge in [-0.15, -0.1) is 0 Å². The summed E-state index contributed by atoms with van der Waals surface area (Å²) < 4.78 is 1.80. The molecule has 0 radical (unpaired) electrons. The molecule has 0 aliphatic rings. The molecule has 20 heavy (non-hydrogen) atoms. The Morgan fingerprint density at radius 2 is 2.15 bits per heavy atom. The third-order valence-corrected chi connectivity index (χ3v) is 3.17. The molecule has 0 spiro atoms. The molecule has 6 nitrogen and oxygen atoms in total. The number of guanidine groups is 1. The molecule has 0 bridgehead atoms. The fourth-order valence-corrected chi connectivity index (χ4v) is 1.84. The normalized spacial score (nSPS) is 11.7. The second-order valence-electron chi connectivity index (χ2n) is 4.62. The highest BCUT2D eigenvalue weighted by atomic mass is 15.3. The van der Waals surface area contributed by atoms with Crippen molar-refractivity contribution in [3.63, 3.8) is 0 Å². The van der Waals surface area contributed by atoms with Crippen molar-refractivity contribution in [1.82, 2.24) is 14.8 Å². The lowest BCUT2D eigenvalue weighted by molar-refractivity contribution is 0.616. The van der Waals surface area contributed by atoms with Crippen LogP contribution in [0.1, 0.15) is 23.9 Å². The van der Waals surface area contributed by atoms with Gasteiger partial charge < -0.3 is 11.1 Å². The van der Waals surface area contributed by atoms with Gasteiger partial charge in [-0.2, -0.15) is 5.10 Å². The van der Waals surface area contributed by atoms with Gasteiger partial charge in [-0.3, -0.25) is 0 Å². The van der Waals surface area contributed by atoms with Crippen LogP contribution in [0, 0.1) is 13.8 Å². The number of nitrogens with two attached hydrogens (primary N) is 1. The number of anilines is 1. The summed E-state index contributed by atoms with van der Waals surface area (Å²) in [5.41, 5.74) is 9.29. The van der Waals surface area contributed by atoms with Gasteiger partial charge in [0.2, 0.25) is 0 Å². The Morgan fingerprint density at radius 1 is 1.35 bits per heavy atom. The topological polar surface area (TPSA) is 81.1 Å². The molecule has 1 aromatic heterocycles. The third kappa shape index (κ3) is 3.34. The lowest BCUT2D eigenvalue weighted by Gasteiger charge is -2.08. The zero-order valence-corrected chi connectivity index (χ0v) is 12.1. The van der Waals surface area contributed by atoms with Crippen LogP contribution < -0.4 is 11.1 Å². The van der Waals surface area contributed by atoms with Crippen molar-refractivity contribution in [2.75, 3.05) is 5.32 Å². The molecule has 0 aliphatic heterocycles. The maximum atomic E-state index is 5.88. The fourth-order valence-electron chi connectivity index (χ4n) is 1.84. The van der Waals surface area contributed by atoms with Crippen molar-refractivity contribution in [3.05, 3.63) is 41.5 Å². The smallest absolute Gasteiger partial charge is 0.193 e. The minimum absolute atomic E-state index is 0.374. The molecular formula is C14H20N6.